The number of rotatable bonds is 6. The highest BCUT2D eigenvalue weighted by Crippen LogP contribution is 2.45. The maximum atomic E-state index is 6.35. The third kappa shape index (κ3) is 5.12. The highest BCUT2D eigenvalue weighted by Gasteiger charge is 2.21. The summed E-state index contributed by atoms with van der Waals surface area (Å²) in [5, 5.41) is 7.21. The van der Waals surface area contributed by atoms with Crippen LogP contribution in [0, 0.1) is 0 Å². The maximum absolute atomic E-state index is 6.35. The van der Waals surface area contributed by atoms with Crippen LogP contribution in [0.15, 0.2) is 205 Å². The molecule has 0 aliphatic carbocycles. The highest BCUT2D eigenvalue weighted by molar-refractivity contribution is 6.14. The van der Waals surface area contributed by atoms with Crippen molar-refractivity contribution in [1.29, 1.82) is 0 Å². The van der Waals surface area contributed by atoms with E-state index >= 15 is 0 Å². The Labute approximate surface area is 302 Å². The quantitative estimate of drug-likeness (QED) is 0.176. The van der Waals surface area contributed by atoms with Crippen molar-refractivity contribution in [3.05, 3.63) is 200 Å². The van der Waals surface area contributed by atoms with Gasteiger partial charge in [-0.1, -0.05) is 152 Å². The first-order valence-electron chi connectivity index (χ1n) is 17.8. The summed E-state index contributed by atoms with van der Waals surface area (Å²) < 4.78 is 6.35. The van der Waals surface area contributed by atoms with E-state index in [0.29, 0.717) is 0 Å². The number of fused-ring (bicyclic) bond motifs is 5. The van der Waals surface area contributed by atoms with Crippen LogP contribution in [-0.2, 0) is 0 Å². The van der Waals surface area contributed by atoms with Crippen molar-refractivity contribution < 1.29 is 4.42 Å². The lowest BCUT2D eigenvalue weighted by Gasteiger charge is -2.28. The predicted molar refractivity (Wildman–Crippen MR) is 220 cm³/mol. The van der Waals surface area contributed by atoms with Crippen LogP contribution in [0.2, 0.25) is 0 Å². The van der Waals surface area contributed by atoms with Crippen LogP contribution < -0.4 is 4.90 Å². The summed E-state index contributed by atoms with van der Waals surface area (Å²) in [6.45, 7) is 0. The van der Waals surface area contributed by atoms with Gasteiger partial charge in [0.1, 0.15) is 11.2 Å². The Kier molecular flexibility index (Phi) is 7.18. The minimum atomic E-state index is 0.887. The Hall–Kier alpha value is -6.90. The number of nitrogens with zero attached hydrogens (tertiary/aromatic N) is 1. The molecule has 0 bridgehead atoms. The van der Waals surface area contributed by atoms with Gasteiger partial charge in [0.2, 0.25) is 0 Å². The van der Waals surface area contributed by atoms with Gasteiger partial charge in [-0.2, -0.15) is 0 Å². The standard InChI is InChI=1S/C50H33NO/c1-2-14-37-32-39(27-26-34(37)12-1)38-16-9-17-41(33-38)51(40-30-28-36(29-31-40)43-21-10-15-35-13-3-4-18-42(35)43)47-23-7-5-19-44(47)45-22-11-25-49-50(45)46-20-6-8-24-48(46)52-49/h1-33H. The molecule has 2 heteroatoms. The Bertz CT molecular complexity index is 2910. The van der Waals surface area contributed by atoms with Gasteiger partial charge in [0, 0.05) is 27.7 Å². The summed E-state index contributed by atoms with van der Waals surface area (Å²) in [5.74, 6) is 0. The molecule has 244 valence electrons. The van der Waals surface area contributed by atoms with E-state index in [4.69, 9.17) is 4.42 Å². The lowest BCUT2D eigenvalue weighted by Crippen LogP contribution is -2.11. The monoisotopic (exact) mass is 663 g/mol. The second kappa shape index (κ2) is 12.5. The van der Waals surface area contributed by atoms with E-state index in [-0.39, 0.29) is 0 Å². The molecule has 0 aliphatic heterocycles. The van der Waals surface area contributed by atoms with E-state index in [0.717, 1.165) is 50.1 Å². The van der Waals surface area contributed by atoms with Crippen LogP contribution in [0.3, 0.4) is 0 Å². The third-order valence-corrected chi connectivity index (χ3v) is 10.3. The third-order valence-electron chi connectivity index (χ3n) is 10.3. The van der Waals surface area contributed by atoms with Crippen molar-refractivity contribution in [2.45, 2.75) is 0 Å². The maximum Gasteiger partial charge on any atom is 0.136 e. The summed E-state index contributed by atoms with van der Waals surface area (Å²) in [6, 6.07) is 71.8. The van der Waals surface area contributed by atoms with Crippen LogP contribution >= 0.6 is 0 Å². The van der Waals surface area contributed by atoms with Crippen molar-refractivity contribution in [3.63, 3.8) is 0 Å². The molecule has 0 fully saturated rings. The van der Waals surface area contributed by atoms with E-state index in [9.17, 15) is 0 Å². The van der Waals surface area contributed by atoms with Crippen molar-refractivity contribution in [2.75, 3.05) is 4.90 Å². The number of furan rings is 1. The minimum absolute atomic E-state index is 0.887. The van der Waals surface area contributed by atoms with Gasteiger partial charge in [-0.25, -0.2) is 0 Å². The van der Waals surface area contributed by atoms with E-state index in [1.165, 1.54) is 43.8 Å². The fourth-order valence-corrected chi connectivity index (χ4v) is 7.78. The number of hydrogen-bond acceptors (Lipinski definition) is 2. The SMILES string of the molecule is c1cc(-c2ccc3ccccc3c2)cc(N(c2ccc(-c3cccc4ccccc34)cc2)c2ccccc2-c2cccc3oc4ccccc4c23)c1. The lowest BCUT2D eigenvalue weighted by molar-refractivity contribution is 0.669. The van der Waals surface area contributed by atoms with Gasteiger partial charge >= 0.3 is 0 Å². The molecular formula is C50H33NO. The van der Waals surface area contributed by atoms with Crippen molar-refractivity contribution in [2.24, 2.45) is 0 Å². The zero-order valence-electron chi connectivity index (χ0n) is 28.4. The number of benzene rings is 9. The number of hydrogen-bond donors (Lipinski definition) is 0. The van der Waals surface area contributed by atoms with E-state index < -0.39 is 0 Å². The molecule has 0 radical (unpaired) electrons. The summed E-state index contributed by atoms with van der Waals surface area (Å²) in [7, 11) is 0. The predicted octanol–water partition coefficient (Wildman–Crippen LogP) is 14.4. The normalized spacial score (nSPS) is 11.5. The number of para-hydroxylation sites is 2. The van der Waals surface area contributed by atoms with Gasteiger partial charge in [0.15, 0.2) is 0 Å². The van der Waals surface area contributed by atoms with Crippen LogP contribution in [0.4, 0.5) is 17.1 Å². The number of anilines is 3. The van der Waals surface area contributed by atoms with Gasteiger partial charge in [0.25, 0.3) is 0 Å². The van der Waals surface area contributed by atoms with Crippen LogP contribution in [-0.4, -0.2) is 0 Å². The summed E-state index contributed by atoms with van der Waals surface area (Å²) >= 11 is 0. The Morgan fingerprint density at radius 2 is 0.942 bits per heavy atom. The molecule has 0 N–H and O–H groups in total. The van der Waals surface area contributed by atoms with Gasteiger partial charge in [-0.05, 0) is 97.9 Å². The first-order chi connectivity index (χ1) is 25.8. The minimum Gasteiger partial charge on any atom is -0.456 e. The smallest absolute Gasteiger partial charge is 0.136 e. The average Bonchev–Trinajstić information content (AvgIpc) is 3.60. The molecule has 1 heterocycles. The first kappa shape index (κ1) is 30.0. The summed E-state index contributed by atoms with van der Waals surface area (Å²) in [4.78, 5) is 2.40. The zero-order chi connectivity index (χ0) is 34.4. The first-order valence-corrected chi connectivity index (χ1v) is 17.8. The van der Waals surface area contributed by atoms with Gasteiger partial charge < -0.3 is 9.32 Å². The molecule has 2 nitrogen and oxygen atoms in total. The fourth-order valence-electron chi connectivity index (χ4n) is 7.78. The molecule has 0 saturated heterocycles. The zero-order valence-corrected chi connectivity index (χ0v) is 28.4. The van der Waals surface area contributed by atoms with Crippen LogP contribution in [0.25, 0.3) is 76.9 Å². The molecule has 0 spiro atoms. The van der Waals surface area contributed by atoms with Gasteiger partial charge in [-0.3, -0.25) is 0 Å². The Balaban J connectivity index is 1.17. The Morgan fingerprint density at radius 3 is 1.85 bits per heavy atom. The van der Waals surface area contributed by atoms with Crippen molar-refractivity contribution >= 4 is 60.5 Å². The molecule has 0 saturated carbocycles. The molecule has 9 aromatic carbocycles. The molecule has 0 atom stereocenters. The molecule has 0 unspecified atom stereocenters. The molecule has 52 heavy (non-hydrogen) atoms. The second-order valence-corrected chi connectivity index (χ2v) is 13.3. The lowest BCUT2D eigenvalue weighted by atomic mass is 9.96. The molecule has 0 aliphatic rings. The van der Waals surface area contributed by atoms with Gasteiger partial charge in [-0.15, -0.1) is 0 Å². The van der Waals surface area contributed by atoms with Gasteiger partial charge in [0.05, 0.1) is 5.69 Å². The second-order valence-electron chi connectivity index (χ2n) is 13.3. The van der Waals surface area contributed by atoms with Crippen LogP contribution in [0.5, 0.6) is 0 Å². The fraction of sp³-hybridized carbons (Fsp3) is 0. The van der Waals surface area contributed by atoms with Crippen molar-refractivity contribution in [3.8, 4) is 33.4 Å². The summed E-state index contributed by atoms with van der Waals surface area (Å²) in [5.41, 5.74) is 12.1. The van der Waals surface area contributed by atoms with Crippen LogP contribution in [0.1, 0.15) is 0 Å². The molecule has 10 rings (SSSR count). The Morgan fingerprint density at radius 1 is 0.327 bits per heavy atom. The molecule has 1 aromatic heterocycles. The molecule has 0 amide bonds. The average molecular weight is 664 g/mol. The van der Waals surface area contributed by atoms with E-state index in [2.05, 4.69) is 193 Å². The molecule has 10 aromatic rings. The largest absolute Gasteiger partial charge is 0.456 e. The molecular weight excluding hydrogens is 631 g/mol. The van der Waals surface area contributed by atoms with E-state index in [1.807, 2.05) is 12.1 Å². The van der Waals surface area contributed by atoms with Crippen molar-refractivity contribution in [1.82, 2.24) is 0 Å². The van der Waals surface area contributed by atoms with E-state index in [1.54, 1.807) is 0 Å². The topological polar surface area (TPSA) is 16.4 Å². The highest BCUT2D eigenvalue weighted by atomic mass is 16.3. The summed E-state index contributed by atoms with van der Waals surface area (Å²) in [6.07, 6.45) is 0.